The first kappa shape index (κ1) is 36.8. The highest BCUT2D eigenvalue weighted by Crippen LogP contribution is 2.51. The average molecular weight is 830 g/mol. The van der Waals surface area contributed by atoms with E-state index in [4.69, 9.17) is 0 Å². The van der Waals surface area contributed by atoms with Crippen molar-refractivity contribution in [1.29, 1.82) is 0 Å². The molecule has 10 aromatic rings. The first-order valence-corrected chi connectivity index (χ1v) is 22.3. The Balaban J connectivity index is 1.07. The van der Waals surface area contributed by atoms with Gasteiger partial charge in [0.05, 0.1) is 10.6 Å². The van der Waals surface area contributed by atoms with Crippen molar-refractivity contribution in [2.45, 2.75) is 50.3 Å². The van der Waals surface area contributed by atoms with E-state index in [0.717, 1.165) is 111 Å². The Bertz CT molecular complexity index is 3680. The number of hydrogen-bond donors (Lipinski definition) is 1. The Morgan fingerprint density at radius 1 is 0.532 bits per heavy atom. The molecule has 1 N–H and O–H groups in total. The zero-order chi connectivity index (χ0) is 42.7. The van der Waals surface area contributed by atoms with Crippen LogP contribution in [-0.2, 0) is 16.5 Å². The summed E-state index contributed by atoms with van der Waals surface area (Å²) in [5.74, 6) is -2.14. The fourth-order valence-corrected chi connectivity index (χ4v) is 11.5. The van der Waals surface area contributed by atoms with Crippen LogP contribution >= 0.6 is 0 Å². The summed E-state index contributed by atoms with van der Waals surface area (Å²) >= 11 is 0. The van der Waals surface area contributed by atoms with E-state index in [2.05, 4.69) is 57.2 Å². The summed E-state index contributed by atoms with van der Waals surface area (Å²) in [6.07, 6.45) is 1.69. The molecule has 62 heavy (non-hydrogen) atoms. The molecule has 300 valence electrons. The zero-order valence-corrected chi connectivity index (χ0v) is 34.6. The van der Waals surface area contributed by atoms with Crippen LogP contribution in [0.15, 0.2) is 120 Å². The average Bonchev–Trinajstić information content (AvgIpc) is 3.26. The molecule has 1 aliphatic carbocycles. The van der Waals surface area contributed by atoms with Gasteiger partial charge in [-0.3, -0.25) is 23.7 Å². The van der Waals surface area contributed by atoms with Crippen molar-refractivity contribution in [3.8, 4) is 0 Å². The zero-order valence-electron chi connectivity index (χ0n) is 33.8. The lowest BCUT2D eigenvalue weighted by Crippen LogP contribution is -2.40. The number of rotatable bonds is 6. The van der Waals surface area contributed by atoms with Crippen LogP contribution in [0, 0.1) is 0 Å². The molecular formula is C53H35NO7S. The van der Waals surface area contributed by atoms with E-state index < -0.39 is 27.9 Å². The second-order valence-electron chi connectivity index (χ2n) is 17.1. The Morgan fingerprint density at radius 3 is 1.35 bits per heavy atom. The Kier molecular flexibility index (Phi) is 7.41. The number of anilines is 1. The minimum atomic E-state index is -4.47. The molecule has 1 aliphatic heterocycles. The topological polar surface area (TPSA) is 126 Å². The van der Waals surface area contributed by atoms with Gasteiger partial charge in [-0.1, -0.05) is 106 Å². The van der Waals surface area contributed by atoms with E-state index in [9.17, 15) is 32.1 Å². The molecule has 10 aromatic carbocycles. The van der Waals surface area contributed by atoms with Gasteiger partial charge in [-0.25, -0.2) is 4.90 Å². The Morgan fingerprint density at radius 2 is 0.935 bits per heavy atom. The molecule has 0 bridgehead atoms. The van der Waals surface area contributed by atoms with Crippen LogP contribution in [0.1, 0.15) is 97.2 Å². The van der Waals surface area contributed by atoms with E-state index in [1.54, 1.807) is 12.1 Å². The van der Waals surface area contributed by atoms with Crippen molar-refractivity contribution in [2.75, 3.05) is 4.90 Å². The first-order chi connectivity index (χ1) is 29.9. The molecule has 12 rings (SSSR count). The highest BCUT2D eigenvalue weighted by Gasteiger charge is 2.41. The number of amides is 2. The van der Waals surface area contributed by atoms with Gasteiger partial charge in [-0.2, -0.15) is 8.42 Å². The molecule has 9 heteroatoms. The fraction of sp³-hybridized carbons (Fsp3) is 0.132. The van der Waals surface area contributed by atoms with Crippen molar-refractivity contribution in [2.24, 2.45) is 0 Å². The smallest absolute Gasteiger partial charge is 0.293 e. The Hall–Kier alpha value is -7.07. The number of nitrogens with zero attached hydrogens (tertiary/aromatic N) is 1. The van der Waals surface area contributed by atoms with Gasteiger partial charge in [-0.05, 0) is 130 Å². The summed E-state index contributed by atoms with van der Waals surface area (Å²) in [6.45, 7) is 6.34. The lowest BCUT2D eigenvalue weighted by molar-refractivity contribution is 0.0849. The summed E-state index contributed by atoms with van der Waals surface area (Å²) in [7, 11) is -4.47. The van der Waals surface area contributed by atoms with Gasteiger partial charge in [0.2, 0.25) is 0 Å². The third kappa shape index (κ3) is 4.61. The van der Waals surface area contributed by atoms with Crippen LogP contribution in [0.2, 0.25) is 0 Å². The number of carbonyl (C=O) groups is 4. The largest absolute Gasteiger partial charge is 0.294 e. The second kappa shape index (κ2) is 12.5. The van der Waals surface area contributed by atoms with Crippen LogP contribution in [0.25, 0.3) is 75.4 Å². The third-order valence-electron chi connectivity index (χ3n) is 13.6. The number of imide groups is 1. The molecular weight excluding hydrogens is 795 g/mol. The first-order valence-electron chi connectivity index (χ1n) is 20.9. The molecule has 2 aliphatic rings. The summed E-state index contributed by atoms with van der Waals surface area (Å²) in [5.41, 5.74) is 4.99. The van der Waals surface area contributed by atoms with Crippen LogP contribution < -0.4 is 4.90 Å². The molecule has 0 saturated carbocycles. The second-order valence-corrected chi connectivity index (χ2v) is 18.5. The molecule has 0 aromatic heterocycles. The molecule has 0 fully saturated rings. The standard InChI is InChI=1S/C53H35NO7S/c1-4-6-26-7-5-8-29(25(2)3)42(26)49-50(55)38-21-17-34-30-13-15-32-36-19-23-40-48-41(53(58)54(52(40)57)27-9-11-28(12-10-27)62(59,60)61)24-20-37(46(36)48)33-16-14-31(43(30)44(32)33)35-18-22-39(51(49)56)47(38)45(34)35/h5,7-25,49H,4,6H2,1-3H3,(H,59,60,61). The van der Waals surface area contributed by atoms with E-state index >= 15 is 0 Å². The third-order valence-corrected chi connectivity index (χ3v) is 14.5. The molecule has 2 amide bonds. The summed E-state index contributed by atoms with van der Waals surface area (Å²) in [5, 5.41) is 12.7. The maximum atomic E-state index is 14.8. The minimum Gasteiger partial charge on any atom is -0.293 e. The van der Waals surface area contributed by atoms with Gasteiger partial charge < -0.3 is 0 Å². The van der Waals surface area contributed by atoms with Crippen molar-refractivity contribution < 1.29 is 32.1 Å². The summed E-state index contributed by atoms with van der Waals surface area (Å²) in [6, 6.07) is 34.9. The van der Waals surface area contributed by atoms with Crippen molar-refractivity contribution >= 4 is 115 Å². The van der Waals surface area contributed by atoms with Gasteiger partial charge in [-0.15, -0.1) is 0 Å². The van der Waals surface area contributed by atoms with Crippen LogP contribution in [0.4, 0.5) is 5.69 Å². The molecule has 0 unspecified atom stereocenters. The number of aryl methyl sites for hydroxylation is 1. The molecule has 8 nitrogen and oxygen atoms in total. The number of fused-ring (bicyclic) bond motifs is 4. The molecule has 0 spiro atoms. The predicted molar refractivity (Wildman–Crippen MR) is 245 cm³/mol. The maximum absolute atomic E-state index is 14.8. The van der Waals surface area contributed by atoms with Gasteiger partial charge in [0.25, 0.3) is 21.9 Å². The Labute approximate surface area is 354 Å². The number of benzene rings is 10. The van der Waals surface area contributed by atoms with Crippen molar-refractivity contribution in [3.05, 3.63) is 154 Å². The van der Waals surface area contributed by atoms with E-state index in [0.29, 0.717) is 33.0 Å². The molecule has 0 atom stereocenters. The lowest BCUT2D eigenvalue weighted by Gasteiger charge is -2.29. The summed E-state index contributed by atoms with van der Waals surface area (Å²) in [4.78, 5) is 58.7. The van der Waals surface area contributed by atoms with E-state index in [1.807, 2.05) is 42.5 Å². The van der Waals surface area contributed by atoms with Crippen LogP contribution in [0.3, 0.4) is 0 Å². The van der Waals surface area contributed by atoms with Gasteiger partial charge in [0.1, 0.15) is 5.92 Å². The number of ketones is 2. The fourth-order valence-electron chi connectivity index (χ4n) is 11.1. The monoisotopic (exact) mass is 829 g/mol. The SMILES string of the molecule is CCCc1cccc(C(C)C)c1C1C(=O)c2ccc3c4ccc5c6ccc7c8c(ccc(c9ccc(c%10ccc(c2c3%10)C1=O)c4c59)c86)C(=O)N(c1ccc(S(=O)(=O)O)cc1)C7=O. The van der Waals surface area contributed by atoms with E-state index in [1.165, 1.54) is 12.1 Å². The highest BCUT2D eigenvalue weighted by atomic mass is 32.2. The van der Waals surface area contributed by atoms with Crippen LogP contribution in [-0.4, -0.2) is 36.4 Å². The molecule has 0 saturated heterocycles. The summed E-state index contributed by atoms with van der Waals surface area (Å²) < 4.78 is 32.9. The van der Waals surface area contributed by atoms with Crippen molar-refractivity contribution in [1.82, 2.24) is 0 Å². The molecule has 0 radical (unpaired) electrons. The highest BCUT2D eigenvalue weighted by molar-refractivity contribution is 7.85. The maximum Gasteiger partial charge on any atom is 0.294 e. The van der Waals surface area contributed by atoms with Gasteiger partial charge in [0, 0.05) is 33.0 Å². The molecule has 1 heterocycles. The van der Waals surface area contributed by atoms with Gasteiger partial charge in [0.15, 0.2) is 11.6 Å². The number of carbonyl (C=O) groups excluding carboxylic acids is 4. The normalized spacial score (nSPS) is 14.9. The van der Waals surface area contributed by atoms with Gasteiger partial charge >= 0.3 is 0 Å². The predicted octanol–water partition coefficient (Wildman–Crippen LogP) is 11.9. The van der Waals surface area contributed by atoms with E-state index in [-0.39, 0.29) is 28.1 Å². The lowest BCUT2D eigenvalue weighted by atomic mass is 9.71. The number of hydrogen-bond acceptors (Lipinski definition) is 6. The quantitative estimate of drug-likeness (QED) is 0.0581. The van der Waals surface area contributed by atoms with Crippen molar-refractivity contribution in [3.63, 3.8) is 0 Å². The minimum absolute atomic E-state index is 0.140. The number of Topliss-reactive ketones (excluding diaryl/α,β-unsaturated/α-hetero) is 2. The van der Waals surface area contributed by atoms with Crippen LogP contribution in [0.5, 0.6) is 0 Å².